The molecule has 0 rings (SSSR count). The molecule has 0 aliphatic rings. The molecule has 0 amide bonds. The molecule has 78 heavy (non-hydrogen) atoms. The van der Waals surface area contributed by atoms with Crippen molar-refractivity contribution in [2.75, 3.05) is 13.2 Å². The van der Waals surface area contributed by atoms with Crippen LogP contribution in [0.2, 0.25) is 0 Å². The van der Waals surface area contributed by atoms with E-state index in [0.717, 1.165) is 103 Å². The maximum Gasteiger partial charge on any atom is 0.306 e. The van der Waals surface area contributed by atoms with Gasteiger partial charge in [0.25, 0.3) is 0 Å². The number of hydrogen-bond donors (Lipinski definition) is 0. The van der Waals surface area contributed by atoms with Gasteiger partial charge in [0, 0.05) is 19.3 Å². The Kier molecular flexibility index (Phi) is 63.7. The van der Waals surface area contributed by atoms with Crippen molar-refractivity contribution < 1.29 is 28.6 Å². The number of rotatable bonds is 62. The van der Waals surface area contributed by atoms with Gasteiger partial charge in [0.2, 0.25) is 0 Å². The van der Waals surface area contributed by atoms with Gasteiger partial charge in [-0.25, -0.2) is 0 Å². The van der Waals surface area contributed by atoms with Gasteiger partial charge in [0.05, 0.1) is 0 Å². The van der Waals surface area contributed by atoms with Gasteiger partial charge in [0.15, 0.2) is 6.10 Å². The average Bonchev–Trinajstić information content (AvgIpc) is 3.44. The minimum Gasteiger partial charge on any atom is -0.462 e. The van der Waals surface area contributed by atoms with Gasteiger partial charge in [0.1, 0.15) is 13.2 Å². The lowest BCUT2D eigenvalue weighted by Crippen LogP contribution is -2.30. The molecule has 0 aromatic heterocycles. The molecule has 1 unspecified atom stereocenters. The fourth-order valence-electron chi connectivity index (χ4n) is 9.88. The lowest BCUT2D eigenvalue weighted by Gasteiger charge is -2.18. The predicted octanol–water partition coefficient (Wildman–Crippen LogP) is 23.3. The second kappa shape index (κ2) is 66.4. The van der Waals surface area contributed by atoms with Gasteiger partial charge in [-0.3, -0.25) is 14.4 Å². The largest absolute Gasteiger partial charge is 0.462 e. The van der Waals surface area contributed by atoms with Crippen molar-refractivity contribution in [3.8, 4) is 0 Å². The highest BCUT2D eigenvalue weighted by Gasteiger charge is 2.19. The number of unbranched alkanes of at least 4 members (excludes halogenated alkanes) is 39. The molecule has 0 aliphatic heterocycles. The Labute approximate surface area is 484 Å². The Bertz CT molecular complexity index is 1440. The van der Waals surface area contributed by atoms with Crippen LogP contribution in [-0.2, 0) is 28.6 Å². The summed E-state index contributed by atoms with van der Waals surface area (Å²) < 4.78 is 16.9. The molecular formula is C72H128O6. The molecule has 0 fully saturated rings. The first-order valence-electron chi connectivity index (χ1n) is 33.9. The zero-order valence-electron chi connectivity index (χ0n) is 51.9. The number of hydrogen-bond acceptors (Lipinski definition) is 6. The third-order valence-corrected chi connectivity index (χ3v) is 14.9. The monoisotopic (exact) mass is 1090 g/mol. The summed E-state index contributed by atoms with van der Waals surface area (Å²) in [6.45, 7) is 6.54. The van der Waals surface area contributed by atoms with E-state index in [9.17, 15) is 14.4 Å². The SMILES string of the molecule is CC/C=C\C/C=C\C/C=C\C/C=C\C/C=C\CCCCCCCCCC(=O)OC(COC(=O)CCCCCCC/C=C\CCCCC)COC(=O)CCCCCCCCCCCCCCCCCCCCCCCCCCC. The number of esters is 3. The summed E-state index contributed by atoms with van der Waals surface area (Å²) in [6.07, 6.45) is 86.4. The number of carbonyl (C=O) groups is 3. The molecule has 0 aromatic carbocycles. The summed E-state index contributed by atoms with van der Waals surface area (Å²) in [4.78, 5) is 38.3. The molecule has 0 spiro atoms. The van der Waals surface area contributed by atoms with Crippen LogP contribution in [0.5, 0.6) is 0 Å². The number of ether oxygens (including phenoxy) is 3. The standard InChI is InChI=1S/C72H128O6/c1-4-7-10-13-16-19-22-25-27-29-31-33-35-36-38-39-41-43-45-47-50-53-56-59-62-65-71(74)77-68-69(67-76-70(73)64-61-58-55-52-49-24-21-18-15-12-9-6-3)78-72(75)66-63-60-57-54-51-48-46-44-42-40-37-34-32-30-28-26-23-20-17-14-11-8-5-2/h8,11,17-18,20-21,26,28,32,34,40,42,69H,4-7,9-10,12-16,19,22-25,27,29-31,33,35-39,41,43-68H2,1-3H3/b11-8-,20-17-,21-18-,28-26-,34-32-,42-40-. The fraction of sp³-hybridized carbons (Fsp3) is 0.792. The Morgan fingerprint density at radius 2 is 0.500 bits per heavy atom. The molecule has 0 radical (unpaired) electrons. The van der Waals surface area contributed by atoms with E-state index in [1.807, 2.05) is 0 Å². The maximum atomic E-state index is 12.9. The maximum absolute atomic E-state index is 12.9. The lowest BCUT2D eigenvalue weighted by molar-refractivity contribution is -0.167. The van der Waals surface area contributed by atoms with Crippen molar-refractivity contribution in [3.05, 3.63) is 72.9 Å². The van der Waals surface area contributed by atoms with E-state index in [-0.39, 0.29) is 31.1 Å². The predicted molar refractivity (Wildman–Crippen MR) is 339 cm³/mol. The first kappa shape index (κ1) is 74.8. The lowest BCUT2D eigenvalue weighted by atomic mass is 10.0. The quantitative estimate of drug-likeness (QED) is 0.0261. The molecule has 0 saturated heterocycles. The molecule has 452 valence electrons. The van der Waals surface area contributed by atoms with Crippen LogP contribution >= 0.6 is 0 Å². The highest BCUT2D eigenvalue weighted by atomic mass is 16.6. The van der Waals surface area contributed by atoms with Crippen LogP contribution in [0.4, 0.5) is 0 Å². The fourth-order valence-corrected chi connectivity index (χ4v) is 9.88. The van der Waals surface area contributed by atoms with Gasteiger partial charge in [-0.1, -0.05) is 312 Å². The average molecular weight is 1090 g/mol. The summed E-state index contributed by atoms with van der Waals surface area (Å²) in [5.74, 6) is -0.882. The van der Waals surface area contributed by atoms with Crippen LogP contribution < -0.4 is 0 Å². The van der Waals surface area contributed by atoms with Crippen molar-refractivity contribution in [1.82, 2.24) is 0 Å². The minimum absolute atomic E-state index is 0.0794. The Hall–Kier alpha value is -3.15. The van der Waals surface area contributed by atoms with Crippen LogP contribution in [-0.4, -0.2) is 37.2 Å². The van der Waals surface area contributed by atoms with Crippen molar-refractivity contribution in [1.29, 1.82) is 0 Å². The van der Waals surface area contributed by atoms with E-state index in [1.54, 1.807) is 0 Å². The number of carbonyl (C=O) groups excluding carboxylic acids is 3. The molecule has 6 nitrogen and oxygen atoms in total. The van der Waals surface area contributed by atoms with Crippen molar-refractivity contribution in [2.45, 2.75) is 354 Å². The second-order valence-electron chi connectivity index (χ2n) is 22.7. The topological polar surface area (TPSA) is 78.9 Å². The molecule has 0 saturated carbocycles. The van der Waals surface area contributed by atoms with Gasteiger partial charge < -0.3 is 14.2 Å². The van der Waals surface area contributed by atoms with E-state index in [1.165, 1.54) is 205 Å². The van der Waals surface area contributed by atoms with Crippen LogP contribution in [0.25, 0.3) is 0 Å². The first-order chi connectivity index (χ1) is 38.5. The van der Waals surface area contributed by atoms with Crippen LogP contribution in [0.3, 0.4) is 0 Å². The molecule has 0 heterocycles. The molecular weight excluding hydrogens is 961 g/mol. The Morgan fingerprint density at radius 3 is 0.821 bits per heavy atom. The van der Waals surface area contributed by atoms with Crippen molar-refractivity contribution in [3.63, 3.8) is 0 Å². The number of allylic oxidation sites excluding steroid dienone is 12. The van der Waals surface area contributed by atoms with Crippen molar-refractivity contribution in [2.24, 2.45) is 0 Å². The minimum atomic E-state index is -0.785. The van der Waals surface area contributed by atoms with E-state index >= 15 is 0 Å². The highest BCUT2D eigenvalue weighted by molar-refractivity contribution is 5.71. The third-order valence-electron chi connectivity index (χ3n) is 14.9. The van der Waals surface area contributed by atoms with Gasteiger partial charge >= 0.3 is 17.9 Å². The molecule has 0 aromatic rings. The van der Waals surface area contributed by atoms with Crippen LogP contribution in [0.1, 0.15) is 348 Å². The molecule has 0 bridgehead atoms. The van der Waals surface area contributed by atoms with Crippen molar-refractivity contribution >= 4 is 17.9 Å². The zero-order chi connectivity index (χ0) is 56.4. The van der Waals surface area contributed by atoms with Gasteiger partial charge in [-0.2, -0.15) is 0 Å². The second-order valence-corrected chi connectivity index (χ2v) is 22.7. The van der Waals surface area contributed by atoms with Crippen LogP contribution in [0.15, 0.2) is 72.9 Å². The molecule has 0 N–H and O–H groups in total. The molecule has 1 atom stereocenters. The summed E-state index contributed by atoms with van der Waals surface area (Å²) in [6, 6.07) is 0. The summed E-state index contributed by atoms with van der Waals surface area (Å²) in [5, 5.41) is 0. The molecule has 6 heteroatoms. The zero-order valence-corrected chi connectivity index (χ0v) is 51.9. The van der Waals surface area contributed by atoms with Crippen LogP contribution in [0, 0.1) is 0 Å². The third kappa shape index (κ3) is 63.7. The smallest absolute Gasteiger partial charge is 0.306 e. The van der Waals surface area contributed by atoms with E-state index in [2.05, 4.69) is 93.7 Å². The highest BCUT2D eigenvalue weighted by Crippen LogP contribution is 2.18. The Balaban J connectivity index is 4.27. The van der Waals surface area contributed by atoms with E-state index < -0.39 is 6.10 Å². The van der Waals surface area contributed by atoms with E-state index in [4.69, 9.17) is 14.2 Å². The normalized spacial score (nSPS) is 12.5. The summed E-state index contributed by atoms with van der Waals surface area (Å²) in [7, 11) is 0. The summed E-state index contributed by atoms with van der Waals surface area (Å²) >= 11 is 0. The van der Waals surface area contributed by atoms with Gasteiger partial charge in [-0.15, -0.1) is 0 Å². The first-order valence-corrected chi connectivity index (χ1v) is 33.9. The van der Waals surface area contributed by atoms with Gasteiger partial charge in [-0.05, 0) is 89.9 Å². The Morgan fingerprint density at radius 1 is 0.269 bits per heavy atom. The van der Waals surface area contributed by atoms with E-state index in [0.29, 0.717) is 19.3 Å². The summed E-state index contributed by atoms with van der Waals surface area (Å²) in [5.41, 5.74) is 0. The molecule has 0 aliphatic carbocycles.